The van der Waals surface area contributed by atoms with Gasteiger partial charge in [0, 0.05) is 19.3 Å². The molecule has 0 fully saturated rings. The van der Waals surface area contributed by atoms with E-state index in [1.54, 1.807) is 0 Å². The lowest BCUT2D eigenvalue weighted by molar-refractivity contribution is -0.167. The molecule has 0 bridgehead atoms. The molecule has 6 nitrogen and oxygen atoms in total. The Balaban J connectivity index is 4.27. The highest BCUT2D eigenvalue weighted by molar-refractivity contribution is 5.71. The molecule has 0 aromatic heterocycles. The molecule has 0 saturated heterocycles. The van der Waals surface area contributed by atoms with Crippen LogP contribution in [0.2, 0.25) is 0 Å². The molecular formula is C52H100O6. The van der Waals surface area contributed by atoms with E-state index in [0.717, 1.165) is 69.6 Å². The summed E-state index contributed by atoms with van der Waals surface area (Å²) in [5.41, 5.74) is 0. The van der Waals surface area contributed by atoms with Crippen molar-refractivity contribution in [2.75, 3.05) is 13.2 Å². The van der Waals surface area contributed by atoms with Crippen LogP contribution in [0.5, 0.6) is 0 Å². The molecule has 0 radical (unpaired) electrons. The van der Waals surface area contributed by atoms with Crippen LogP contribution in [0, 0.1) is 11.8 Å². The van der Waals surface area contributed by atoms with Gasteiger partial charge < -0.3 is 14.2 Å². The van der Waals surface area contributed by atoms with Crippen molar-refractivity contribution in [1.29, 1.82) is 0 Å². The fraction of sp³-hybridized carbons (Fsp3) is 0.942. The molecule has 0 aromatic rings. The van der Waals surface area contributed by atoms with Gasteiger partial charge in [-0.05, 0) is 31.1 Å². The van der Waals surface area contributed by atoms with Crippen LogP contribution in [0.15, 0.2) is 0 Å². The summed E-state index contributed by atoms with van der Waals surface area (Å²) in [6.07, 6.45) is 45.3. The smallest absolute Gasteiger partial charge is 0.306 e. The first kappa shape index (κ1) is 56.4. The zero-order chi connectivity index (χ0) is 42.6. The average Bonchev–Trinajstić information content (AvgIpc) is 3.19. The molecule has 0 rings (SSSR count). The second kappa shape index (κ2) is 44.9. The Bertz CT molecular complexity index is 885. The Morgan fingerprint density at radius 1 is 0.328 bits per heavy atom. The number of rotatable bonds is 46. The topological polar surface area (TPSA) is 78.9 Å². The maximum absolute atomic E-state index is 12.8. The number of unbranched alkanes of at least 4 members (excludes halogenated alkanes) is 31. The molecule has 58 heavy (non-hydrogen) atoms. The summed E-state index contributed by atoms with van der Waals surface area (Å²) < 4.78 is 16.8. The first-order valence-corrected chi connectivity index (χ1v) is 25.7. The first-order chi connectivity index (χ1) is 28.2. The van der Waals surface area contributed by atoms with Crippen LogP contribution in [-0.2, 0) is 28.6 Å². The second-order valence-electron chi connectivity index (χ2n) is 18.8. The molecule has 0 aliphatic carbocycles. The maximum atomic E-state index is 12.8. The van der Waals surface area contributed by atoms with Gasteiger partial charge in [-0.3, -0.25) is 14.4 Å². The van der Waals surface area contributed by atoms with E-state index in [1.165, 1.54) is 173 Å². The summed E-state index contributed by atoms with van der Waals surface area (Å²) in [5, 5.41) is 0. The Morgan fingerprint density at radius 2 is 0.569 bits per heavy atom. The van der Waals surface area contributed by atoms with Gasteiger partial charge in [-0.1, -0.05) is 247 Å². The molecule has 344 valence electrons. The first-order valence-electron chi connectivity index (χ1n) is 25.7. The van der Waals surface area contributed by atoms with Gasteiger partial charge in [-0.2, -0.15) is 0 Å². The molecule has 6 heteroatoms. The lowest BCUT2D eigenvalue weighted by Crippen LogP contribution is -2.30. The summed E-state index contributed by atoms with van der Waals surface area (Å²) in [4.78, 5) is 37.9. The Hall–Kier alpha value is -1.59. The van der Waals surface area contributed by atoms with E-state index in [2.05, 4.69) is 34.6 Å². The molecule has 0 spiro atoms. The van der Waals surface area contributed by atoms with Crippen LogP contribution < -0.4 is 0 Å². The van der Waals surface area contributed by atoms with Gasteiger partial charge in [-0.15, -0.1) is 0 Å². The highest BCUT2D eigenvalue weighted by Gasteiger charge is 2.19. The minimum atomic E-state index is -0.762. The second-order valence-corrected chi connectivity index (χ2v) is 18.8. The number of hydrogen-bond donors (Lipinski definition) is 0. The standard InChI is InChI=1S/C52H100O6/c1-6-7-8-9-10-11-12-13-14-17-21-24-27-34-39-44-52(55)58-49(46-57-51(54)43-38-33-29-28-31-36-41-48(4)5)45-56-50(53)42-37-32-26-23-20-18-15-16-19-22-25-30-35-40-47(2)3/h47-49H,6-46H2,1-5H3/t49-/m1/s1. The van der Waals surface area contributed by atoms with E-state index in [9.17, 15) is 14.4 Å². The zero-order valence-electron chi connectivity index (χ0n) is 39.7. The third kappa shape index (κ3) is 45.5. The summed E-state index contributed by atoms with van der Waals surface area (Å²) >= 11 is 0. The third-order valence-corrected chi connectivity index (χ3v) is 11.7. The summed E-state index contributed by atoms with van der Waals surface area (Å²) in [6, 6.07) is 0. The Morgan fingerprint density at radius 3 is 0.845 bits per heavy atom. The lowest BCUT2D eigenvalue weighted by atomic mass is 10.0. The van der Waals surface area contributed by atoms with Crippen LogP contribution in [-0.4, -0.2) is 37.2 Å². The quantitative estimate of drug-likeness (QED) is 0.0346. The highest BCUT2D eigenvalue weighted by atomic mass is 16.6. The van der Waals surface area contributed by atoms with Crippen LogP contribution in [0.4, 0.5) is 0 Å². The molecular weight excluding hydrogens is 721 g/mol. The van der Waals surface area contributed by atoms with Gasteiger partial charge in [0.25, 0.3) is 0 Å². The third-order valence-electron chi connectivity index (χ3n) is 11.7. The van der Waals surface area contributed by atoms with Crippen LogP contribution in [0.25, 0.3) is 0 Å². The molecule has 1 atom stereocenters. The van der Waals surface area contributed by atoms with Crippen molar-refractivity contribution < 1.29 is 28.6 Å². The van der Waals surface area contributed by atoms with Crippen molar-refractivity contribution in [2.45, 2.75) is 291 Å². The maximum Gasteiger partial charge on any atom is 0.306 e. The van der Waals surface area contributed by atoms with E-state index in [1.807, 2.05) is 0 Å². The molecule has 0 aromatic carbocycles. The van der Waals surface area contributed by atoms with Crippen LogP contribution in [0.3, 0.4) is 0 Å². The molecule has 0 amide bonds. The van der Waals surface area contributed by atoms with Crippen molar-refractivity contribution in [2.24, 2.45) is 11.8 Å². The molecule has 0 aliphatic heterocycles. The van der Waals surface area contributed by atoms with Gasteiger partial charge in [0.05, 0.1) is 0 Å². The SMILES string of the molecule is CCCCCCCCCCCCCCCCCC(=O)O[C@H](COC(=O)CCCCCCCCCCCCCCCC(C)C)COC(=O)CCCCCCCCC(C)C. The van der Waals surface area contributed by atoms with Crippen molar-refractivity contribution in [3.63, 3.8) is 0 Å². The fourth-order valence-corrected chi connectivity index (χ4v) is 7.81. The van der Waals surface area contributed by atoms with Crippen LogP contribution in [0.1, 0.15) is 285 Å². The van der Waals surface area contributed by atoms with Gasteiger partial charge in [0.2, 0.25) is 0 Å². The van der Waals surface area contributed by atoms with E-state index < -0.39 is 6.10 Å². The van der Waals surface area contributed by atoms with E-state index in [4.69, 9.17) is 14.2 Å². The van der Waals surface area contributed by atoms with Gasteiger partial charge >= 0.3 is 17.9 Å². The van der Waals surface area contributed by atoms with Crippen molar-refractivity contribution in [1.82, 2.24) is 0 Å². The van der Waals surface area contributed by atoms with Crippen molar-refractivity contribution >= 4 is 17.9 Å². The number of hydrogen-bond acceptors (Lipinski definition) is 6. The predicted molar refractivity (Wildman–Crippen MR) is 247 cm³/mol. The van der Waals surface area contributed by atoms with Gasteiger partial charge in [0.1, 0.15) is 13.2 Å². The number of carbonyl (C=O) groups is 3. The molecule has 0 saturated carbocycles. The summed E-state index contributed by atoms with van der Waals surface area (Å²) in [6.45, 7) is 11.3. The lowest BCUT2D eigenvalue weighted by Gasteiger charge is -2.18. The van der Waals surface area contributed by atoms with Crippen LogP contribution >= 0.6 is 0 Å². The van der Waals surface area contributed by atoms with E-state index in [0.29, 0.717) is 19.3 Å². The largest absolute Gasteiger partial charge is 0.462 e. The average molecular weight is 821 g/mol. The van der Waals surface area contributed by atoms with Gasteiger partial charge in [-0.25, -0.2) is 0 Å². The Labute approximate surface area is 361 Å². The zero-order valence-corrected chi connectivity index (χ0v) is 39.7. The molecule has 0 heterocycles. The summed E-state index contributed by atoms with van der Waals surface area (Å²) in [5.74, 6) is 0.750. The predicted octanol–water partition coefficient (Wildman–Crippen LogP) is 16.5. The molecule has 0 aliphatic rings. The minimum absolute atomic E-state index is 0.0645. The molecule has 0 unspecified atom stereocenters. The summed E-state index contributed by atoms with van der Waals surface area (Å²) in [7, 11) is 0. The fourth-order valence-electron chi connectivity index (χ4n) is 7.81. The number of ether oxygens (including phenoxy) is 3. The minimum Gasteiger partial charge on any atom is -0.462 e. The van der Waals surface area contributed by atoms with E-state index >= 15 is 0 Å². The van der Waals surface area contributed by atoms with Crippen molar-refractivity contribution in [3.05, 3.63) is 0 Å². The monoisotopic (exact) mass is 821 g/mol. The molecule has 0 N–H and O–H groups in total. The van der Waals surface area contributed by atoms with Crippen molar-refractivity contribution in [3.8, 4) is 0 Å². The van der Waals surface area contributed by atoms with E-state index in [-0.39, 0.29) is 31.1 Å². The number of carbonyl (C=O) groups excluding carboxylic acids is 3. The highest BCUT2D eigenvalue weighted by Crippen LogP contribution is 2.17. The number of esters is 3. The Kier molecular flexibility index (Phi) is 43.7. The van der Waals surface area contributed by atoms with Gasteiger partial charge in [0.15, 0.2) is 6.10 Å². The normalized spacial score (nSPS) is 12.1.